The largest absolute Gasteiger partial charge is 0.507 e. The highest BCUT2D eigenvalue weighted by Crippen LogP contribution is 2.35. The molecule has 0 radical (unpaired) electrons. The Hall–Kier alpha value is -1.06. The predicted octanol–water partition coefficient (Wildman–Crippen LogP) is 3.08. The topological polar surface area (TPSA) is 32.7 Å². The summed E-state index contributed by atoms with van der Waals surface area (Å²) in [6.45, 7) is 12.9. The minimum absolute atomic E-state index is 0.0327. The highest BCUT2D eigenvalue weighted by atomic mass is 16.5. The molecular formula is C17H27NO2. The molecule has 0 spiro atoms. The molecule has 1 aliphatic rings. The molecule has 1 heterocycles. The second-order valence-corrected chi connectivity index (χ2v) is 6.64. The van der Waals surface area contributed by atoms with Gasteiger partial charge in [-0.1, -0.05) is 39.8 Å². The summed E-state index contributed by atoms with van der Waals surface area (Å²) < 4.78 is 5.39. The van der Waals surface area contributed by atoms with Crippen molar-refractivity contribution in [3.8, 4) is 5.75 Å². The zero-order valence-electron chi connectivity index (χ0n) is 13.2. The molecule has 112 valence electrons. The van der Waals surface area contributed by atoms with Crippen LogP contribution in [-0.4, -0.2) is 36.3 Å². The number of hydrogen-bond donors (Lipinski definition) is 1. The Bertz CT molecular complexity index is 457. The first-order valence-corrected chi connectivity index (χ1v) is 7.57. The standard InChI is InChI=1S/C17H27NO2/c1-5-13-10-14(12-18-6-8-20-9-7-18)16(19)15(11-13)17(2,3)4/h10-11,19H,5-9,12H2,1-4H3. The molecule has 1 aromatic carbocycles. The number of aromatic hydroxyl groups is 1. The number of phenols is 1. The molecule has 0 aromatic heterocycles. The highest BCUT2D eigenvalue weighted by molar-refractivity contribution is 5.47. The number of morpholine rings is 1. The van der Waals surface area contributed by atoms with Crippen molar-refractivity contribution >= 4 is 0 Å². The molecule has 1 fully saturated rings. The number of nitrogens with zero attached hydrogens (tertiary/aromatic N) is 1. The van der Waals surface area contributed by atoms with Crippen LogP contribution in [0.1, 0.15) is 44.4 Å². The minimum Gasteiger partial charge on any atom is -0.507 e. The summed E-state index contributed by atoms with van der Waals surface area (Å²) in [5.74, 6) is 0.473. The van der Waals surface area contributed by atoms with Crippen LogP contribution in [0.4, 0.5) is 0 Å². The molecule has 3 nitrogen and oxygen atoms in total. The van der Waals surface area contributed by atoms with Gasteiger partial charge in [0.2, 0.25) is 0 Å². The van der Waals surface area contributed by atoms with Gasteiger partial charge in [-0.2, -0.15) is 0 Å². The van der Waals surface area contributed by atoms with E-state index in [4.69, 9.17) is 4.74 Å². The molecule has 20 heavy (non-hydrogen) atoms. The summed E-state index contributed by atoms with van der Waals surface area (Å²) in [7, 11) is 0. The van der Waals surface area contributed by atoms with Crippen molar-refractivity contribution in [3.63, 3.8) is 0 Å². The van der Waals surface area contributed by atoms with Crippen LogP contribution in [0, 0.1) is 0 Å². The Kier molecular flexibility index (Phi) is 4.71. The average molecular weight is 277 g/mol. The fourth-order valence-electron chi connectivity index (χ4n) is 2.66. The van der Waals surface area contributed by atoms with Crippen LogP contribution in [0.5, 0.6) is 5.75 Å². The van der Waals surface area contributed by atoms with E-state index in [0.717, 1.165) is 50.4 Å². The van der Waals surface area contributed by atoms with E-state index in [1.54, 1.807) is 0 Å². The van der Waals surface area contributed by atoms with E-state index >= 15 is 0 Å². The third-order valence-electron chi connectivity index (χ3n) is 3.96. The molecule has 0 aliphatic carbocycles. The molecule has 1 N–H and O–H groups in total. The number of phenolic OH excluding ortho intramolecular Hbond substituents is 1. The van der Waals surface area contributed by atoms with Gasteiger partial charge >= 0.3 is 0 Å². The van der Waals surface area contributed by atoms with Gasteiger partial charge < -0.3 is 9.84 Å². The van der Waals surface area contributed by atoms with Crippen LogP contribution in [0.2, 0.25) is 0 Å². The van der Waals surface area contributed by atoms with Gasteiger partial charge in [0.25, 0.3) is 0 Å². The SMILES string of the molecule is CCc1cc(CN2CCOCC2)c(O)c(C(C)(C)C)c1. The van der Waals surface area contributed by atoms with Crippen molar-refractivity contribution in [1.29, 1.82) is 0 Å². The fraction of sp³-hybridized carbons (Fsp3) is 0.647. The van der Waals surface area contributed by atoms with E-state index in [2.05, 4.69) is 44.7 Å². The molecule has 1 aromatic rings. The average Bonchev–Trinajstić information content (AvgIpc) is 2.41. The lowest BCUT2D eigenvalue weighted by atomic mass is 9.83. The number of rotatable bonds is 3. The summed E-state index contributed by atoms with van der Waals surface area (Å²) in [4.78, 5) is 2.35. The monoisotopic (exact) mass is 277 g/mol. The van der Waals surface area contributed by atoms with Gasteiger partial charge in [-0.25, -0.2) is 0 Å². The van der Waals surface area contributed by atoms with E-state index in [9.17, 15) is 5.11 Å². The fourth-order valence-corrected chi connectivity index (χ4v) is 2.66. The lowest BCUT2D eigenvalue weighted by Crippen LogP contribution is -2.35. The summed E-state index contributed by atoms with van der Waals surface area (Å²) >= 11 is 0. The zero-order valence-corrected chi connectivity index (χ0v) is 13.2. The molecule has 3 heteroatoms. The van der Waals surface area contributed by atoms with Crippen LogP contribution in [0.15, 0.2) is 12.1 Å². The molecule has 0 atom stereocenters. The predicted molar refractivity (Wildman–Crippen MR) is 82.3 cm³/mol. The molecule has 1 aliphatic heterocycles. The molecule has 0 bridgehead atoms. The number of benzene rings is 1. The zero-order chi connectivity index (χ0) is 14.8. The smallest absolute Gasteiger partial charge is 0.123 e. The van der Waals surface area contributed by atoms with Gasteiger partial charge in [0.1, 0.15) is 5.75 Å². The first kappa shape index (κ1) is 15.3. The minimum atomic E-state index is -0.0327. The van der Waals surface area contributed by atoms with E-state index in [-0.39, 0.29) is 5.41 Å². The van der Waals surface area contributed by atoms with Crippen molar-refractivity contribution in [2.45, 2.75) is 46.1 Å². The Labute approximate surface area is 122 Å². The maximum atomic E-state index is 10.6. The summed E-state index contributed by atoms with van der Waals surface area (Å²) in [5.41, 5.74) is 3.38. The number of aryl methyl sites for hydroxylation is 1. The van der Waals surface area contributed by atoms with E-state index < -0.39 is 0 Å². The van der Waals surface area contributed by atoms with Gasteiger partial charge in [-0.3, -0.25) is 4.90 Å². The number of ether oxygens (including phenoxy) is 1. The van der Waals surface area contributed by atoms with E-state index in [1.807, 2.05) is 0 Å². The Balaban J connectivity index is 2.31. The van der Waals surface area contributed by atoms with Gasteiger partial charge in [-0.05, 0) is 23.0 Å². The summed E-state index contributed by atoms with van der Waals surface area (Å²) in [5, 5.41) is 10.6. The third-order valence-corrected chi connectivity index (χ3v) is 3.96. The highest BCUT2D eigenvalue weighted by Gasteiger charge is 2.22. The number of hydrogen-bond acceptors (Lipinski definition) is 3. The Morgan fingerprint density at radius 2 is 1.85 bits per heavy atom. The normalized spacial score (nSPS) is 17.4. The van der Waals surface area contributed by atoms with Crippen LogP contribution in [0.25, 0.3) is 0 Å². The van der Waals surface area contributed by atoms with Crippen molar-refractivity contribution in [1.82, 2.24) is 4.90 Å². The van der Waals surface area contributed by atoms with Crippen molar-refractivity contribution in [2.24, 2.45) is 0 Å². The first-order chi connectivity index (χ1) is 9.41. The van der Waals surface area contributed by atoms with Crippen molar-refractivity contribution < 1.29 is 9.84 Å². The molecule has 1 saturated heterocycles. The second-order valence-electron chi connectivity index (χ2n) is 6.64. The molecule has 0 saturated carbocycles. The third kappa shape index (κ3) is 3.53. The first-order valence-electron chi connectivity index (χ1n) is 7.57. The quantitative estimate of drug-likeness (QED) is 0.921. The van der Waals surface area contributed by atoms with Gasteiger partial charge in [0.05, 0.1) is 13.2 Å². The molecular weight excluding hydrogens is 250 g/mol. The Morgan fingerprint density at radius 1 is 1.20 bits per heavy atom. The van der Waals surface area contributed by atoms with Crippen LogP contribution < -0.4 is 0 Å². The van der Waals surface area contributed by atoms with Gasteiger partial charge in [-0.15, -0.1) is 0 Å². The maximum absolute atomic E-state index is 10.6. The van der Waals surface area contributed by atoms with Crippen molar-refractivity contribution in [2.75, 3.05) is 26.3 Å². The van der Waals surface area contributed by atoms with E-state index in [1.165, 1.54) is 5.56 Å². The lowest BCUT2D eigenvalue weighted by molar-refractivity contribution is 0.0338. The Morgan fingerprint density at radius 3 is 2.40 bits per heavy atom. The summed E-state index contributed by atoms with van der Waals surface area (Å²) in [6.07, 6.45) is 0.999. The molecule has 0 unspecified atom stereocenters. The van der Waals surface area contributed by atoms with Gasteiger partial charge in [0.15, 0.2) is 0 Å². The van der Waals surface area contributed by atoms with Crippen LogP contribution in [-0.2, 0) is 23.1 Å². The second kappa shape index (κ2) is 6.15. The molecule has 0 amide bonds. The lowest BCUT2D eigenvalue weighted by Gasteiger charge is -2.29. The van der Waals surface area contributed by atoms with Gasteiger partial charge in [0, 0.05) is 25.2 Å². The van der Waals surface area contributed by atoms with Crippen LogP contribution >= 0.6 is 0 Å². The summed E-state index contributed by atoms with van der Waals surface area (Å²) in [6, 6.07) is 4.30. The molecule has 2 rings (SSSR count). The van der Waals surface area contributed by atoms with Crippen molar-refractivity contribution in [3.05, 3.63) is 28.8 Å². The van der Waals surface area contributed by atoms with Crippen LogP contribution in [0.3, 0.4) is 0 Å². The van der Waals surface area contributed by atoms with E-state index in [0.29, 0.717) is 5.75 Å². The maximum Gasteiger partial charge on any atom is 0.123 e.